The number of hydrogen-bond acceptors (Lipinski definition) is 0. The van der Waals surface area contributed by atoms with Crippen molar-refractivity contribution in [1.29, 1.82) is 0 Å². The lowest BCUT2D eigenvalue weighted by molar-refractivity contribution is 0.655. The van der Waals surface area contributed by atoms with Crippen LogP contribution in [0.2, 0.25) is 0 Å². The first-order chi connectivity index (χ1) is 13.5. The highest BCUT2D eigenvalue weighted by Gasteiger charge is 2.30. The maximum atomic E-state index is 2.38. The van der Waals surface area contributed by atoms with E-state index in [-0.39, 0.29) is 5.41 Å². The predicted molar refractivity (Wildman–Crippen MR) is 125 cm³/mol. The Morgan fingerprint density at radius 2 is 1.54 bits per heavy atom. The van der Waals surface area contributed by atoms with E-state index in [1.165, 1.54) is 43.8 Å². The van der Waals surface area contributed by atoms with Crippen LogP contribution in [0, 0.1) is 0 Å². The number of allylic oxidation sites excluding steroid dienone is 7. The van der Waals surface area contributed by atoms with Crippen LogP contribution < -0.4 is 0 Å². The highest BCUT2D eigenvalue weighted by molar-refractivity contribution is 6.01. The molecule has 0 nitrogen and oxygen atoms in total. The van der Waals surface area contributed by atoms with Gasteiger partial charge in [0.25, 0.3) is 0 Å². The summed E-state index contributed by atoms with van der Waals surface area (Å²) < 4.78 is 0. The highest BCUT2D eigenvalue weighted by atomic mass is 14.3. The molecule has 0 saturated carbocycles. The van der Waals surface area contributed by atoms with Gasteiger partial charge in [0.05, 0.1) is 0 Å². The monoisotopic (exact) mass is 364 g/mol. The summed E-state index contributed by atoms with van der Waals surface area (Å²) in [6.07, 6.45) is 14.8. The summed E-state index contributed by atoms with van der Waals surface area (Å²) in [6.45, 7) is 8.79. The topological polar surface area (TPSA) is 0 Å². The minimum atomic E-state index is -0.0426. The second-order valence-electron chi connectivity index (χ2n) is 8.17. The fourth-order valence-corrected chi connectivity index (χ4v) is 4.50. The van der Waals surface area contributed by atoms with Gasteiger partial charge in [0, 0.05) is 5.41 Å². The van der Waals surface area contributed by atoms with Crippen LogP contribution in [0.1, 0.15) is 45.2 Å². The molecule has 0 heterocycles. The van der Waals surface area contributed by atoms with Crippen LogP contribution in [0.4, 0.5) is 0 Å². The summed E-state index contributed by atoms with van der Waals surface area (Å²) >= 11 is 0. The minimum absolute atomic E-state index is 0.0426. The molecule has 0 unspecified atom stereocenters. The number of rotatable bonds is 4. The normalized spacial score (nSPS) is 15.5. The summed E-state index contributed by atoms with van der Waals surface area (Å²) in [7, 11) is 0. The van der Waals surface area contributed by atoms with Crippen LogP contribution in [0.3, 0.4) is 0 Å². The van der Waals surface area contributed by atoms with E-state index < -0.39 is 0 Å². The average molecular weight is 365 g/mol. The molecule has 0 radical (unpaired) electrons. The van der Waals surface area contributed by atoms with Crippen molar-refractivity contribution < 1.29 is 0 Å². The van der Waals surface area contributed by atoms with Crippen LogP contribution >= 0.6 is 0 Å². The molecule has 0 fully saturated rings. The van der Waals surface area contributed by atoms with Crippen molar-refractivity contribution in [1.82, 2.24) is 0 Å². The Labute approximate surface area is 168 Å². The predicted octanol–water partition coefficient (Wildman–Crippen LogP) is 8.14. The molecular formula is C28H28. The number of benzene rings is 3. The van der Waals surface area contributed by atoms with Gasteiger partial charge in [0.1, 0.15) is 0 Å². The van der Waals surface area contributed by atoms with Crippen LogP contribution in [-0.2, 0) is 5.41 Å². The highest BCUT2D eigenvalue weighted by Crippen LogP contribution is 2.42. The molecule has 0 aliphatic heterocycles. The third-order valence-corrected chi connectivity index (χ3v) is 5.77. The Hall–Kier alpha value is -2.86. The molecule has 0 spiro atoms. The second-order valence-corrected chi connectivity index (χ2v) is 8.17. The molecule has 4 rings (SSSR count). The molecule has 1 aliphatic rings. The van der Waals surface area contributed by atoms with Crippen molar-refractivity contribution in [2.75, 3.05) is 0 Å². The molecule has 140 valence electrons. The third kappa shape index (κ3) is 3.24. The van der Waals surface area contributed by atoms with Crippen molar-refractivity contribution in [3.05, 3.63) is 101 Å². The Bertz CT molecular complexity index is 1150. The molecule has 0 amide bonds. The maximum absolute atomic E-state index is 2.38. The zero-order valence-electron chi connectivity index (χ0n) is 17.3. The Morgan fingerprint density at radius 3 is 2.18 bits per heavy atom. The molecule has 28 heavy (non-hydrogen) atoms. The number of hydrogen-bond donors (Lipinski definition) is 0. The van der Waals surface area contributed by atoms with Crippen molar-refractivity contribution in [3.8, 4) is 0 Å². The van der Waals surface area contributed by atoms with E-state index in [1.54, 1.807) is 0 Å². The minimum Gasteiger partial charge on any atom is -0.0762 e. The van der Waals surface area contributed by atoms with Gasteiger partial charge in [-0.15, -0.1) is 0 Å². The van der Waals surface area contributed by atoms with Crippen LogP contribution in [-0.4, -0.2) is 0 Å². The van der Waals surface area contributed by atoms with Crippen LogP contribution in [0.15, 0.2) is 90.1 Å². The molecule has 3 aromatic carbocycles. The molecule has 1 aliphatic carbocycles. The largest absolute Gasteiger partial charge is 0.0762 e. The summed E-state index contributed by atoms with van der Waals surface area (Å²) in [5, 5.41) is 5.27. The lowest BCUT2D eigenvalue weighted by Gasteiger charge is -2.28. The van der Waals surface area contributed by atoms with Crippen molar-refractivity contribution in [2.45, 2.75) is 39.5 Å². The van der Waals surface area contributed by atoms with Crippen molar-refractivity contribution in [2.24, 2.45) is 0 Å². The summed E-state index contributed by atoms with van der Waals surface area (Å²) in [5.41, 5.74) is 5.31. The SMILES string of the molecule is CCC1(c2c(C=C(C)C=C(C)C)ccc3cc4ccccc4cc23)C=CC=C1. The van der Waals surface area contributed by atoms with E-state index in [0.29, 0.717) is 0 Å². The van der Waals surface area contributed by atoms with Gasteiger partial charge >= 0.3 is 0 Å². The van der Waals surface area contributed by atoms with Gasteiger partial charge in [-0.2, -0.15) is 0 Å². The first kappa shape index (κ1) is 18.5. The van der Waals surface area contributed by atoms with E-state index >= 15 is 0 Å². The zero-order valence-corrected chi connectivity index (χ0v) is 17.3. The molecular weight excluding hydrogens is 336 g/mol. The smallest absolute Gasteiger partial charge is 0.0327 e. The van der Waals surface area contributed by atoms with Gasteiger partial charge < -0.3 is 0 Å². The first-order valence-electron chi connectivity index (χ1n) is 10.2. The Balaban J connectivity index is 2.08. The van der Waals surface area contributed by atoms with Crippen LogP contribution in [0.5, 0.6) is 0 Å². The summed E-state index contributed by atoms with van der Waals surface area (Å²) in [6, 6.07) is 17.9. The molecule has 3 aromatic rings. The standard InChI is InChI=1S/C28H28/c1-5-28(14-8-9-15-28)27-25(17-21(4)16-20(2)3)13-12-24-18-22-10-6-7-11-23(22)19-26(24)27/h6-19H,5H2,1-4H3. The molecule has 0 N–H and O–H groups in total. The first-order valence-corrected chi connectivity index (χ1v) is 10.2. The fourth-order valence-electron chi connectivity index (χ4n) is 4.50. The van der Waals surface area contributed by atoms with Gasteiger partial charge in [-0.25, -0.2) is 0 Å². The van der Waals surface area contributed by atoms with Gasteiger partial charge in [-0.05, 0) is 72.0 Å². The summed E-state index contributed by atoms with van der Waals surface area (Å²) in [4.78, 5) is 0. The van der Waals surface area contributed by atoms with E-state index in [1.807, 2.05) is 0 Å². The lowest BCUT2D eigenvalue weighted by Crippen LogP contribution is -2.20. The Kier molecular flexibility index (Phi) is 4.81. The van der Waals surface area contributed by atoms with E-state index in [0.717, 1.165) is 6.42 Å². The molecule has 0 heteroatoms. The molecule has 0 atom stereocenters. The lowest BCUT2D eigenvalue weighted by atomic mass is 9.74. The quantitative estimate of drug-likeness (QED) is 0.324. The van der Waals surface area contributed by atoms with E-state index in [2.05, 4.69) is 113 Å². The van der Waals surface area contributed by atoms with E-state index in [4.69, 9.17) is 0 Å². The van der Waals surface area contributed by atoms with Gasteiger partial charge in [-0.1, -0.05) is 90.9 Å². The molecule has 0 bridgehead atoms. The summed E-state index contributed by atoms with van der Waals surface area (Å²) in [5.74, 6) is 0. The van der Waals surface area contributed by atoms with Gasteiger partial charge in [-0.3, -0.25) is 0 Å². The third-order valence-electron chi connectivity index (χ3n) is 5.77. The van der Waals surface area contributed by atoms with Gasteiger partial charge in [0.15, 0.2) is 0 Å². The molecule has 0 aromatic heterocycles. The molecule has 0 saturated heterocycles. The van der Waals surface area contributed by atoms with Crippen LogP contribution in [0.25, 0.3) is 27.6 Å². The zero-order chi connectivity index (χ0) is 19.7. The van der Waals surface area contributed by atoms with Crippen molar-refractivity contribution in [3.63, 3.8) is 0 Å². The van der Waals surface area contributed by atoms with E-state index in [9.17, 15) is 0 Å². The number of fused-ring (bicyclic) bond motifs is 2. The average Bonchev–Trinajstić information content (AvgIpc) is 3.15. The second kappa shape index (κ2) is 7.28. The van der Waals surface area contributed by atoms with Gasteiger partial charge in [0.2, 0.25) is 0 Å². The fraction of sp³-hybridized carbons (Fsp3) is 0.214. The van der Waals surface area contributed by atoms with Crippen molar-refractivity contribution >= 4 is 27.6 Å². The Morgan fingerprint density at radius 1 is 0.857 bits per heavy atom. The maximum Gasteiger partial charge on any atom is 0.0327 e.